The Kier molecular flexibility index (Phi) is 5.24. The Bertz CT molecular complexity index is 615. The van der Waals surface area contributed by atoms with Gasteiger partial charge in [0, 0.05) is 6.61 Å². The molecule has 0 atom stereocenters. The van der Waals surface area contributed by atoms with E-state index in [1.165, 1.54) is 17.7 Å². The molecule has 118 valence electrons. The van der Waals surface area contributed by atoms with E-state index >= 15 is 0 Å². The van der Waals surface area contributed by atoms with Crippen LogP contribution < -0.4 is 0 Å². The number of halogens is 3. The zero-order valence-electron chi connectivity index (χ0n) is 12.5. The van der Waals surface area contributed by atoms with Crippen molar-refractivity contribution < 1.29 is 18.3 Å². The molecule has 1 nitrogen and oxygen atoms in total. The van der Waals surface area contributed by atoms with Crippen LogP contribution in [0.25, 0.3) is 11.1 Å². The van der Waals surface area contributed by atoms with Gasteiger partial charge in [0.25, 0.3) is 0 Å². The summed E-state index contributed by atoms with van der Waals surface area (Å²) in [7, 11) is 0. The molecule has 2 aromatic carbocycles. The van der Waals surface area contributed by atoms with E-state index in [0.29, 0.717) is 0 Å². The van der Waals surface area contributed by atoms with Crippen LogP contribution in [0, 0.1) is 6.92 Å². The van der Waals surface area contributed by atoms with Gasteiger partial charge in [0.2, 0.25) is 0 Å². The first-order valence-corrected chi connectivity index (χ1v) is 7.30. The van der Waals surface area contributed by atoms with Gasteiger partial charge in [0.15, 0.2) is 0 Å². The summed E-state index contributed by atoms with van der Waals surface area (Å²) in [5.41, 5.74) is 3.39. The minimum atomic E-state index is -4.30. The smallest absolute Gasteiger partial charge is 0.396 e. The molecule has 0 bridgehead atoms. The van der Waals surface area contributed by atoms with Crippen LogP contribution in [-0.2, 0) is 12.6 Å². The maximum absolute atomic E-state index is 12.6. The third-order valence-electron chi connectivity index (χ3n) is 3.74. The number of aliphatic hydroxyl groups is 1. The Morgan fingerprint density at radius 1 is 0.909 bits per heavy atom. The van der Waals surface area contributed by atoms with Crippen molar-refractivity contribution in [2.24, 2.45) is 0 Å². The normalized spacial score (nSPS) is 11.7. The lowest BCUT2D eigenvalue weighted by atomic mass is 9.96. The highest BCUT2D eigenvalue weighted by molar-refractivity contribution is 5.65. The van der Waals surface area contributed by atoms with Gasteiger partial charge in [-0.25, -0.2) is 0 Å². The monoisotopic (exact) mass is 308 g/mol. The lowest BCUT2D eigenvalue weighted by Crippen LogP contribution is -2.04. The molecule has 0 saturated heterocycles. The fourth-order valence-electron chi connectivity index (χ4n) is 2.43. The molecule has 1 N–H and O–H groups in total. The molecule has 2 rings (SSSR count). The molecule has 0 aliphatic carbocycles. The van der Waals surface area contributed by atoms with Gasteiger partial charge in [-0.2, -0.15) is 13.2 Å². The molecule has 22 heavy (non-hydrogen) atoms. The van der Waals surface area contributed by atoms with Crippen molar-refractivity contribution in [2.45, 2.75) is 32.4 Å². The Morgan fingerprint density at radius 3 is 2.09 bits per heavy atom. The minimum Gasteiger partial charge on any atom is -0.396 e. The lowest BCUT2D eigenvalue weighted by Gasteiger charge is -2.10. The average Bonchev–Trinajstić information content (AvgIpc) is 2.48. The number of rotatable bonds is 5. The van der Waals surface area contributed by atoms with Crippen LogP contribution in [0.3, 0.4) is 0 Å². The van der Waals surface area contributed by atoms with E-state index < -0.39 is 11.7 Å². The second kappa shape index (κ2) is 6.97. The Morgan fingerprint density at radius 2 is 1.55 bits per heavy atom. The number of alkyl halides is 3. The van der Waals surface area contributed by atoms with Crippen molar-refractivity contribution in [3.8, 4) is 11.1 Å². The van der Waals surface area contributed by atoms with Gasteiger partial charge < -0.3 is 5.11 Å². The molecule has 0 aliphatic rings. The van der Waals surface area contributed by atoms with Crippen LogP contribution in [0.15, 0.2) is 42.5 Å². The van der Waals surface area contributed by atoms with Crippen LogP contribution in [0.4, 0.5) is 13.2 Å². The largest absolute Gasteiger partial charge is 0.416 e. The first kappa shape index (κ1) is 16.6. The second-order valence-electron chi connectivity index (χ2n) is 5.40. The van der Waals surface area contributed by atoms with Gasteiger partial charge in [0.05, 0.1) is 5.56 Å². The SMILES string of the molecule is Cc1cc(-c2ccc(C(F)(F)F)cc2)ccc1CCCCO. The number of hydrogen-bond acceptors (Lipinski definition) is 1. The van der Waals surface area contributed by atoms with Crippen LogP contribution >= 0.6 is 0 Å². The number of aliphatic hydroxyl groups excluding tert-OH is 1. The fraction of sp³-hybridized carbons (Fsp3) is 0.333. The first-order valence-electron chi connectivity index (χ1n) is 7.30. The summed E-state index contributed by atoms with van der Waals surface area (Å²) < 4.78 is 37.7. The van der Waals surface area contributed by atoms with E-state index in [2.05, 4.69) is 0 Å². The molecule has 0 heterocycles. The van der Waals surface area contributed by atoms with Crippen molar-refractivity contribution in [2.75, 3.05) is 6.61 Å². The molecule has 0 amide bonds. The van der Waals surface area contributed by atoms with E-state index in [4.69, 9.17) is 5.11 Å². The van der Waals surface area contributed by atoms with E-state index in [9.17, 15) is 13.2 Å². The zero-order chi connectivity index (χ0) is 16.2. The quantitative estimate of drug-likeness (QED) is 0.771. The molecule has 0 spiro atoms. The van der Waals surface area contributed by atoms with E-state index in [1.54, 1.807) is 0 Å². The van der Waals surface area contributed by atoms with E-state index in [0.717, 1.165) is 48.1 Å². The van der Waals surface area contributed by atoms with Crippen LogP contribution in [0.1, 0.15) is 29.5 Å². The topological polar surface area (TPSA) is 20.2 Å². The second-order valence-corrected chi connectivity index (χ2v) is 5.40. The molecular weight excluding hydrogens is 289 g/mol. The Balaban J connectivity index is 2.17. The minimum absolute atomic E-state index is 0.197. The summed E-state index contributed by atoms with van der Waals surface area (Å²) in [5, 5.41) is 8.81. The van der Waals surface area contributed by atoms with Gasteiger partial charge in [-0.05, 0) is 60.6 Å². The van der Waals surface area contributed by atoms with E-state index in [1.807, 2.05) is 25.1 Å². The summed E-state index contributed by atoms with van der Waals surface area (Å²) in [4.78, 5) is 0. The molecule has 0 radical (unpaired) electrons. The number of benzene rings is 2. The number of aryl methyl sites for hydroxylation is 2. The van der Waals surface area contributed by atoms with Gasteiger partial charge in [-0.1, -0.05) is 30.3 Å². The maximum atomic E-state index is 12.6. The lowest BCUT2D eigenvalue weighted by molar-refractivity contribution is -0.137. The average molecular weight is 308 g/mol. The van der Waals surface area contributed by atoms with Crippen molar-refractivity contribution in [3.63, 3.8) is 0 Å². The molecular formula is C18H19F3O. The molecule has 0 unspecified atom stereocenters. The fourth-order valence-corrected chi connectivity index (χ4v) is 2.43. The number of hydrogen-bond donors (Lipinski definition) is 1. The number of unbranched alkanes of at least 4 members (excludes halogenated alkanes) is 1. The van der Waals surface area contributed by atoms with E-state index in [-0.39, 0.29) is 6.61 Å². The molecule has 0 aromatic heterocycles. The van der Waals surface area contributed by atoms with Gasteiger partial charge in [0.1, 0.15) is 0 Å². The third-order valence-corrected chi connectivity index (χ3v) is 3.74. The van der Waals surface area contributed by atoms with Crippen molar-refractivity contribution in [1.29, 1.82) is 0 Å². The van der Waals surface area contributed by atoms with Crippen LogP contribution in [0.2, 0.25) is 0 Å². The summed E-state index contributed by atoms with van der Waals surface area (Å²) in [6.45, 7) is 2.20. The summed E-state index contributed by atoms with van der Waals surface area (Å²) in [6, 6.07) is 11.2. The maximum Gasteiger partial charge on any atom is 0.416 e. The standard InChI is InChI=1S/C18H19F3O/c1-13-12-16(6-5-14(13)4-2-3-11-22)15-7-9-17(10-8-15)18(19,20)21/h5-10,12,22H,2-4,11H2,1H3. The summed E-state index contributed by atoms with van der Waals surface area (Å²) in [5.74, 6) is 0. The summed E-state index contributed by atoms with van der Waals surface area (Å²) >= 11 is 0. The van der Waals surface area contributed by atoms with Crippen LogP contribution in [-0.4, -0.2) is 11.7 Å². The predicted octanol–water partition coefficient (Wildman–Crippen LogP) is 5.00. The molecule has 0 fully saturated rings. The predicted molar refractivity (Wildman–Crippen MR) is 81.6 cm³/mol. The van der Waals surface area contributed by atoms with Crippen molar-refractivity contribution >= 4 is 0 Å². The van der Waals surface area contributed by atoms with Gasteiger partial charge in [-0.3, -0.25) is 0 Å². The highest BCUT2D eigenvalue weighted by Gasteiger charge is 2.29. The Hall–Kier alpha value is -1.81. The van der Waals surface area contributed by atoms with Crippen molar-refractivity contribution in [1.82, 2.24) is 0 Å². The molecule has 2 aromatic rings. The molecule has 0 aliphatic heterocycles. The highest BCUT2D eigenvalue weighted by atomic mass is 19.4. The molecule has 0 saturated carbocycles. The Labute approximate surface area is 128 Å². The van der Waals surface area contributed by atoms with Crippen molar-refractivity contribution in [3.05, 3.63) is 59.2 Å². The first-order chi connectivity index (χ1) is 10.4. The highest BCUT2D eigenvalue weighted by Crippen LogP contribution is 2.31. The zero-order valence-corrected chi connectivity index (χ0v) is 12.5. The van der Waals surface area contributed by atoms with Gasteiger partial charge in [-0.15, -0.1) is 0 Å². The third kappa shape index (κ3) is 4.10. The van der Waals surface area contributed by atoms with Gasteiger partial charge >= 0.3 is 6.18 Å². The summed E-state index contributed by atoms with van der Waals surface area (Å²) in [6.07, 6.45) is -1.69. The molecule has 4 heteroatoms. The van der Waals surface area contributed by atoms with Crippen LogP contribution in [0.5, 0.6) is 0 Å².